The number of nitrogen functional groups attached to an aromatic ring is 1. The second-order valence-electron chi connectivity index (χ2n) is 6.12. The van der Waals surface area contributed by atoms with E-state index in [9.17, 15) is 9.18 Å². The van der Waals surface area contributed by atoms with E-state index < -0.39 is 5.97 Å². The first-order valence-corrected chi connectivity index (χ1v) is 9.15. The van der Waals surface area contributed by atoms with E-state index in [1.54, 1.807) is 0 Å². The number of aromatic nitrogens is 3. The Kier molecular flexibility index (Phi) is 5.48. The number of anilines is 3. The molecule has 0 saturated carbocycles. The van der Waals surface area contributed by atoms with Crippen LogP contribution in [0.5, 0.6) is 11.5 Å². The first-order valence-electron chi connectivity index (χ1n) is 8.77. The minimum atomic E-state index is -0.652. The fraction of sp³-hybridized carbons (Fsp3) is 0.158. The molecule has 9 nitrogen and oxygen atoms in total. The molecule has 3 N–H and O–H groups in total. The minimum Gasteiger partial charge on any atom is -0.486 e. The zero-order chi connectivity index (χ0) is 21.1. The lowest BCUT2D eigenvalue weighted by Gasteiger charge is -2.19. The fourth-order valence-corrected chi connectivity index (χ4v) is 2.93. The molecule has 0 aliphatic carbocycles. The number of nitrogens with zero attached hydrogens (tertiary/aromatic N) is 3. The summed E-state index contributed by atoms with van der Waals surface area (Å²) in [7, 11) is 0. The molecule has 4 rings (SSSR count). The highest BCUT2D eigenvalue weighted by Crippen LogP contribution is 2.38. The summed E-state index contributed by atoms with van der Waals surface area (Å²) in [5, 5.41) is 3.12. The number of fused-ring (bicyclic) bond motifs is 1. The van der Waals surface area contributed by atoms with E-state index in [0.717, 1.165) is 0 Å². The van der Waals surface area contributed by atoms with Crippen molar-refractivity contribution in [2.45, 2.75) is 6.61 Å². The maximum Gasteiger partial charge on any atom is 0.338 e. The van der Waals surface area contributed by atoms with Crippen LogP contribution < -0.4 is 20.5 Å². The second-order valence-corrected chi connectivity index (χ2v) is 6.53. The summed E-state index contributed by atoms with van der Waals surface area (Å²) in [6.07, 6.45) is 0. The quantitative estimate of drug-likeness (QED) is 0.586. The van der Waals surface area contributed by atoms with Gasteiger partial charge in [0.2, 0.25) is 11.9 Å². The zero-order valence-electron chi connectivity index (χ0n) is 15.4. The van der Waals surface area contributed by atoms with Crippen LogP contribution in [-0.2, 0) is 11.3 Å². The molecule has 1 aromatic heterocycles. The molecule has 1 aliphatic rings. The van der Waals surface area contributed by atoms with Crippen LogP contribution in [0.15, 0.2) is 36.4 Å². The summed E-state index contributed by atoms with van der Waals surface area (Å²) in [5.74, 6) is -0.0739. The first kappa shape index (κ1) is 19.6. The molecule has 0 fully saturated rings. The van der Waals surface area contributed by atoms with E-state index in [4.69, 9.17) is 31.5 Å². The predicted molar refractivity (Wildman–Crippen MR) is 105 cm³/mol. The summed E-state index contributed by atoms with van der Waals surface area (Å²) < 4.78 is 29.2. The molecule has 0 spiro atoms. The van der Waals surface area contributed by atoms with Gasteiger partial charge in [0.1, 0.15) is 19.0 Å². The van der Waals surface area contributed by atoms with Gasteiger partial charge in [-0.15, -0.1) is 0 Å². The summed E-state index contributed by atoms with van der Waals surface area (Å²) in [4.78, 5) is 24.5. The van der Waals surface area contributed by atoms with Gasteiger partial charge in [-0.2, -0.15) is 15.0 Å². The van der Waals surface area contributed by atoms with Crippen LogP contribution in [0.25, 0.3) is 0 Å². The van der Waals surface area contributed by atoms with E-state index in [1.165, 1.54) is 36.4 Å². The maximum absolute atomic E-state index is 13.0. The number of benzene rings is 2. The van der Waals surface area contributed by atoms with Crippen molar-refractivity contribution in [3.05, 3.63) is 58.6 Å². The van der Waals surface area contributed by atoms with E-state index in [1.807, 2.05) is 0 Å². The highest BCUT2D eigenvalue weighted by atomic mass is 35.5. The van der Waals surface area contributed by atoms with E-state index in [0.29, 0.717) is 30.4 Å². The van der Waals surface area contributed by atoms with Crippen molar-refractivity contribution < 1.29 is 23.4 Å². The van der Waals surface area contributed by atoms with Crippen LogP contribution in [0.2, 0.25) is 5.02 Å². The topological polar surface area (TPSA) is 121 Å². The summed E-state index contributed by atoms with van der Waals surface area (Å²) in [5.41, 5.74) is 6.44. The van der Waals surface area contributed by atoms with Crippen LogP contribution in [-0.4, -0.2) is 34.1 Å². The Morgan fingerprint density at radius 1 is 1.17 bits per heavy atom. The number of carbonyl (C=O) groups excluding carboxylic acids is 1. The number of hydrogen-bond acceptors (Lipinski definition) is 9. The minimum absolute atomic E-state index is 0.0666. The highest BCUT2D eigenvalue weighted by Gasteiger charge is 2.20. The third kappa shape index (κ3) is 4.49. The molecule has 0 atom stereocenters. The number of esters is 1. The Morgan fingerprint density at radius 3 is 2.73 bits per heavy atom. The van der Waals surface area contributed by atoms with Gasteiger partial charge in [-0.25, -0.2) is 9.18 Å². The molecule has 154 valence electrons. The van der Waals surface area contributed by atoms with E-state index in [-0.39, 0.29) is 40.7 Å². The molecule has 0 bridgehead atoms. The Morgan fingerprint density at radius 2 is 1.93 bits per heavy atom. The third-order valence-corrected chi connectivity index (χ3v) is 4.25. The molecule has 2 aromatic carbocycles. The number of nitrogens with two attached hydrogens (primary N) is 1. The number of halogens is 2. The number of ether oxygens (including phenoxy) is 3. The number of rotatable bonds is 5. The lowest BCUT2D eigenvalue weighted by molar-refractivity contribution is 0.0461. The lowest BCUT2D eigenvalue weighted by Crippen LogP contribution is -2.17. The molecule has 0 amide bonds. The molecule has 0 saturated heterocycles. The van der Waals surface area contributed by atoms with Crippen molar-refractivity contribution in [2.75, 3.05) is 24.3 Å². The first-order chi connectivity index (χ1) is 14.5. The van der Waals surface area contributed by atoms with Crippen molar-refractivity contribution in [3.8, 4) is 11.5 Å². The molecule has 30 heavy (non-hydrogen) atoms. The van der Waals surface area contributed by atoms with Gasteiger partial charge < -0.3 is 25.3 Å². The number of carbonyl (C=O) groups is 1. The summed E-state index contributed by atoms with van der Waals surface area (Å²) in [6.45, 7) is 0.483. The van der Waals surface area contributed by atoms with Gasteiger partial charge in [-0.05, 0) is 36.4 Å². The van der Waals surface area contributed by atoms with Crippen LogP contribution in [0.1, 0.15) is 16.2 Å². The third-order valence-electron chi connectivity index (χ3n) is 3.96. The summed E-state index contributed by atoms with van der Waals surface area (Å²) in [6, 6.07) is 8.52. The van der Waals surface area contributed by atoms with E-state index >= 15 is 0 Å². The standard InChI is InChI=1S/C19H15ClFN5O4/c20-13-7-10(8-14-16(13)29-6-5-28-14)17(27)30-9-15-24-18(22)26-19(25-15)23-12-3-1-11(21)2-4-12/h1-4,7-8H,5-6,9H2,(H3,22,23,24,25,26). The average Bonchev–Trinajstić information content (AvgIpc) is 2.73. The molecule has 3 aromatic rings. The molecule has 2 heterocycles. The Balaban J connectivity index is 1.45. The van der Waals surface area contributed by atoms with Crippen LogP contribution in [0, 0.1) is 5.82 Å². The largest absolute Gasteiger partial charge is 0.486 e. The van der Waals surface area contributed by atoms with Gasteiger partial charge in [0.15, 0.2) is 23.9 Å². The van der Waals surface area contributed by atoms with Gasteiger partial charge in [-0.3, -0.25) is 0 Å². The molecule has 0 unspecified atom stereocenters. The molecule has 11 heteroatoms. The van der Waals surface area contributed by atoms with Gasteiger partial charge in [0, 0.05) is 5.69 Å². The maximum atomic E-state index is 13.0. The van der Waals surface area contributed by atoms with Gasteiger partial charge >= 0.3 is 5.97 Å². The van der Waals surface area contributed by atoms with Crippen LogP contribution in [0.4, 0.5) is 22.0 Å². The SMILES string of the molecule is Nc1nc(COC(=O)c2cc(Cl)c3c(c2)OCCO3)nc(Nc2ccc(F)cc2)n1. The molecular weight excluding hydrogens is 417 g/mol. The van der Waals surface area contributed by atoms with Gasteiger partial charge in [0.05, 0.1) is 10.6 Å². The van der Waals surface area contributed by atoms with Crippen molar-refractivity contribution >= 4 is 35.2 Å². The number of nitrogens with one attached hydrogen (secondary N) is 1. The second kappa shape index (κ2) is 8.37. The van der Waals surface area contributed by atoms with Gasteiger partial charge in [-0.1, -0.05) is 11.6 Å². The Bertz CT molecular complexity index is 1100. The smallest absolute Gasteiger partial charge is 0.338 e. The highest BCUT2D eigenvalue weighted by molar-refractivity contribution is 6.32. The molecular formula is C19H15ClFN5O4. The monoisotopic (exact) mass is 431 g/mol. The Labute approximate surface area is 175 Å². The van der Waals surface area contributed by atoms with Crippen LogP contribution >= 0.6 is 11.6 Å². The zero-order valence-corrected chi connectivity index (χ0v) is 16.1. The van der Waals surface area contributed by atoms with Crippen molar-refractivity contribution in [2.24, 2.45) is 0 Å². The van der Waals surface area contributed by atoms with Gasteiger partial charge in [0.25, 0.3) is 0 Å². The number of hydrogen-bond donors (Lipinski definition) is 2. The summed E-state index contributed by atoms with van der Waals surface area (Å²) >= 11 is 6.14. The van der Waals surface area contributed by atoms with Crippen molar-refractivity contribution in [1.29, 1.82) is 0 Å². The normalized spacial score (nSPS) is 12.3. The molecule has 0 radical (unpaired) electrons. The fourth-order valence-electron chi connectivity index (χ4n) is 2.66. The van der Waals surface area contributed by atoms with Crippen molar-refractivity contribution in [3.63, 3.8) is 0 Å². The van der Waals surface area contributed by atoms with E-state index in [2.05, 4.69) is 20.3 Å². The average molecular weight is 432 g/mol. The van der Waals surface area contributed by atoms with Crippen LogP contribution in [0.3, 0.4) is 0 Å². The molecule has 1 aliphatic heterocycles. The predicted octanol–water partition coefficient (Wildman–Crippen LogP) is 3.12. The van der Waals surface area contributed by atoms with Crippen molar-refractivity contribution in [1.82, 2.24) is 15.0 Å². The lowest BCUT2D eigenvalue weighted by atomic mass is 10.2. The Hall–Kier alpha value is -3.66.